The summed E-state index contributed by atoms with van der Waals surface area (Å²) in [6.45, 7) is 6.11. The molecule has 2 amide bonds. The molecule has 0 radical (unpaired) electrons. The Kier molecular flexibility index (Phi) is 8.68. The van der Waals surface area contributed by atoms with Crippen molar-refractivity contribution in [2.75, 3.05) is 13.2 Å². The van der Waals surface area contributed by atoms with E-state index < -0.39 is 24.0 Å². The van der Waals surface area contributed by atoms with Gasteiger partial charge in [0.15, 0.2) is 0 Å². The predicted octanol–water partition coefficient (Wildman–Crippen LogP) is 4.56. The van der Waals surface area contributed by atoms with Crippen molar-refractivity contribution in [3.05, 3.63) is 59.7 Å². The fraction of sp³-hybridized carbons (Fsp3) is 0.444. The van der Waals surface area contributed by atoms with Crippen LogP contribution >= 0.6 is 0 Å². The molecule has 34 heavy (non-hydrogen) atoms. The van der Waals surface area contributed by atoms with Crippen molar-refractivity contribution >= 4 is 18.0 Å². The standard InChI is InChI=1S/C27H34N2O5/c1-17(2)12-13-24(25(30)28-15-14-18(3)26(31)32)29-27(33)34-16-23-21-10-6-4-8-19(21)20-9-5-7-11-22(20)23/h4-11,17-18,23-24H,12-16H2,1-3H3,(H,28,30)(H,29,33)(H,31,32). The summed E-state index contributed by atoms with van der Waals surface area (Å²) in [6.07, 6.45) is 0.919. The lowest BCUT2D eigenvalue weighted by atomic mass is 9.98. The Morgan fingerprint density at radius 3 is 2.06 bits per heavy atom. The quantitative estimate of drug-likeness (QED) is 0.450. The zero-order chi connectivity index (χ0) is 24.7. The molecule has 2 unspecified atom stereocenters. The maximum Gasteiger partial charge on any atom is 0.407 e. The molecule has 0 bridgehead atoms. The van der Waals surface area contributed by atoms with Crippen molar-refractivity contribution < 1.29 is 24.2 Å². The van der Waals surface area contributed by atoms with Crippen LogP contribution in [0.2, 0.25) is 0 Å². The molecule has 1 aliphatic rings. The van der Waals surface area contributed by atoms with Gasteiger partial charge in [-0.25, -0.2) is 4.79 Å². The molecule has 2 aromatic carbocycles. The van der Waals surface area contributed by atoms with Crippen LogP contribution in [-0.4, -0.2) is 42.3 Å². The minimum absolute atomic E-state index is 0.0569. The van der Waals surface area contributed by atoms with Gasteiger partial charge in [-0.15, -0.1) is 0 Å². The van der Waals surface area contributed by atoms with E-state index in [-0.39, 0.29) is 25.0 Å². The van der Waals surface area contributed by atoms with E-state index in [0.29, 0.717) is 18.8 Å². The molecule has 0 fully saturated rings. The lowest BCUT2D eigenvalue weighted by Crippen LogP contribution is -2.47. The molecule has 3 rings (SSSR count). The Hall–Kier alpha value is -3.35. The summed E-state index contributed by atoms with van der Waals surface area (Å²) in [6, 6.07) is 15.5. The van der Waals surface area contributed by atoms with E-state index in [2.05, 4.69) is 48.7 Å². The Balaban J connectivity index is 1.60. The number of fused-ring (bicyclic) bond motifs is 3. The number of alkyl carbamates (subject to hydrolysis) is 1. The maximum absolute atomic E-state index is 12.7. The number of aliphatic carboxylic acids is 1. The van der Waals surface area contributed by atoms with Crippen LogP contribution in [0.4, 0.5) is 4.79 Å². The van der Waals surface area contributed by atoms with E-state index in [4.69, 9.17) is 9.84 Å². The number of carbonyl (C=O) groups is 3. The van der Waals surface area contributed by atoms with Crippen LogP contribution < -0.4 is 10.6 Å². The number of benzene rings is 2. The second-order valence-electron chi connectivity index (χ2n) is 9.31. The summed E-state index contributed by atoms with van der Waals surface area (Å²) in [4.78, 5) is 36.3. The summed E-state index contributed by atoms with van der Waals surface area (Å²) >= 11 is 0. The molecule has 0 saturated carbocycles. The Morgan fingerprint density at radius 1 is 0.912 bits per heavy atom. The molecular weight excluding hydrogens is 432 g/mol. The molecule has 182 valence electrons. The van der Waals surface area contributed by atoms with Crippen LogP contribution in [0.25, 0.3) is 11.1 Å². The van der Waals surface area contributed by atoms with Gasteiger partial charge in [-0.05, 0) is 47.4 Å². The van der Waals surface area contributed by atoms with Crippen LogP contribution in [-0.2, 0) is 14.3 Å². The minimum Gasteiger partial charge on any atom is -0.481 e. The SMILES string of the molecule is CC(C)CCC(NC(=O)OCC1c2ccccc2-c2ccccc21)C(=O)NCCC(C)C(=O)O. The molecule has 7 nitrogen and oxygen atoms in total. The van der Waals surface area contributed by atoms with E-state index in [1.54, 1.807) is 6.92 Å². The van der Waals surface area contributed by atoms with Crippen molar-refractivity contribution in [3.8, 4) is 11.1 Å². The van der Waals surface area contributed by atoms with Crippen LogP contribution in [0.1, 0.15) is 57.1 Å². The second-order valence-corrected chi connectivity index (χ2v) is 9.31. The highest BCUT2D eigenvalue weighted by molar-refractivity contribution is 5.85. The minimum atomic E-state index is -0.901. The van der Waals surface area contributed by atoms with Gasteiger partial charge in [0.1, 0.15) is 12.6 Å². The average molecular weight is 467 g/mol. The Bertz CT molecular complexity index is 974. The lowest BCUT2D eigenvalue weighted by molar-refractivity contribution is -0.141. The topological polar surface area (TPSA) is 105 Å². The van der Waals surface area contributed by atoms with Crippen LogP contribution in [0, 0.1) is 11.8 Å². The normalized spacial score (nSPS) is 14.1. The molecule has 0 saturated heterocycles. The van der Waals surface area contributed by atoms with E-state index in [1.807, 2.05) is 24.3 Å². The molecule has 2 atom stereocenters. The van der Waals surface area contributed by atoms with Gasteiger partial charge in [0.25, 0.3) is 0 Å². The largest absolute Gasteiger partial charge is 0.481 e. The number of rotatable bonds is 11. The summed E-state index contributed by atoms with van der Waals surface area (Å²) < 4.78 is 5.59. The highest BCUT2D eigenvalue weighted by Crippen LogP contribution is 2.44. The molecule has 3 N–H and O–H groups in total. The first-order chi connectivity index (χ1) is 16.3. The zero-order valence-corrected chi connectivity index (χ0v) is 20.0. The van der Waals surface area contributed by atoms with Crippen LogP contribution in [0.15, 0.2) is 48.5 Å². The van der Waals surface area contributed by atoms with Crippen LogP contribution in [0.3, 0.4) is 0 Å². The molecule has 7 heteroatoms. The summed E-state index contributed by atoms with van der Waals surface area (Å²) in [7, 11) is 0. The van der Waals surface area contributed by atoms with Crippen molar-refractivity contribution in [1.82, 2.24) is 10.6 Å². The monoisotopic (exact) mass is 466 g/mol. The predicted molar refractivity (Wildman–Crippen MR) is 130 cm³/mol. The third-order valence-electron chi connectivity index (χ3n) is 6.28. The number of nitrogens with one attached hydrogen (secondary N) is 2. The first-order valence-corrected chi connectivity index (χ1v) is 11.9. The number of carboxylic acid groups (broad SMARTS) is 1. The van der Waals surface area contributed by atoms with Gasteiger partial charge in [0.05, 0.1) is 5.92 Å². The average Bonchev–Trinajstić information content (AvgIpc) is 3.13. The van der Waals surface area contributed by atoms with Crippen molar-refractivity contribution in [1.29, 1.82) is 0 Å². The van der Waals surface area contributed by atoms with Gasteiger partial charge in [-0.2, -0.15) is 0 Å². The lowest BCUT2D eigenvalue weighted by Gasteiger charge is -2.20. The van der Waals surface area contributed by atoms with Gasteiger partial charge in [0.2, 0.25) is 5.91 Å². The number of hydrogen-bond donors (Lipinski definition) is 3. The van der Waals surface area contributed by atoms with Gasteiger partial charge in [0, 0.05) is 12.5 Å². The zero-order valence-electron chi connectivity index (χ0n) is 20.0. The number of amides is 2. The van der Waals surface area contributed by atoms with Crippen molar-refractivity contribution in [2.45, 2.75) is 52.0 Å². The van der Waals surface area contributed by atoms with E-state index in [0.717, 1.165) is 28.7 Å². The van der Waals surface area contributed by atoms with Crippen LogP contribution in [0.5, 0.6) is 0 Å². The Morgan fingerprint density at radius 2 is 1.50 bits per heavy atom. The van der Waals surface area contributed by atoms with Crippen molar-refractivity contribution in [3.63, 3.8) is 0 Å². The van der Waals surface area contributed by atoms with E-state index >= 15 is 0 Å². The first-order valence-electron chi connectivity index (χ1n) is 11.9. The van der Waals surface area contributed by atoms with E-state index in [1.165, 1.54) is 0 Å². The summed E-state index contributed by atoms with van der Waals surface area (Å²) in [5.74, 6) is -1.47. The fourth-order valence-electron chi connectivity index (χ4n) is 4.21. The maximum atomic E-state index is 12.7. The van der Waals surface area contributed by atoms with Gasteiger partial charge in [-0.1, -0.05) is 69.3 Å². The number of ether oxygens (including phenoxy) is 1. The summed E-state index contributed by atoms with van der Waals surface area (Å²) in [5.41, 5.74) is 4.55. The van der Waals surface area contributed by atoms with Gasteiger partial charge >= 0.3 is 12.1 Å². The van der Waals surface area contributed by atoms with Gasteiger partial charge in [-0.3, -0.25) is 9.59 Å². The second kappa shape index (κ2) is 11.7. The molecule has 0 spiro atoms. The van der Waals surface area contributed by atoms with Gasteiger partial charge < -0.3 is 20.5 Å². The number of carboxylic acids is 1. The number of carbonyl (C=O) groups excluding carboxylic acids is 2. The molecule has 2 aromatic rings. The molecule has 0 aromatic heterocycles. The van der Waals surface area contributed by atoms with E-state index in [9.17, 15) is 14.4 Å². The molecule has 0 aliphatic heterocycles. The molecular formula is C27H34N2O5. The first kappa shape index (κ1) is 25.3. The fourth-order valence-corrected chi connectivity index (χ4v) is 4.21. The smallest absolute Gasteiger partial charge is 0.407 e. The molecule has 1 aliphatic carbocycles. The summed E-state index contributed by atoms with van der Waals surface area (Å²) in [5, 5.41) is 14.5. The highest BCUT2D eigenvalue weighted by Gasteiger charge is 2.29. The van der Waals surface area contributed by atoms with Crippen molar-refractivity contribution in [2.24, 2.45) is 11.8 Å². The number of hydrogen-bond acceptors (Lipinski definition) is 4. The Labute approximate surface area is 200 Å². The molecule has 0 heterocycles. The third-order valence-corrected chi connectivity index (χ3v) is 6.28. The highest BCUT2D eigenvalue weighted by atomic mass is 16.5. The third kappa shape index (κ3) is 6.37.